The molecule has 0 aliphatic rings. The Bertz CT molecular complexity index is 395. The number of hydrogen-bond donors (Lipinski definition) is 1. The maximum Gasteiger partial charge on any atom is 0.471 e. The van der Waals surface area contributed by atoms with Gasteiger partial charge in [-0.2, -0.15) is 18.3 Å². The number of nitrogens with zero attached hydrogens (tertiary/aromatic N) is 2. The Morgan fingerprint density at radius 2 is 2.00 bits per heavy atom. The van der Waals surface area contributed by atoms with Crippen LogP contribution in [0.3, 0.4) is 0 Å². The van der Waals surface area contributed by atoms with Gasteiger partial charge in [-0.3, -0.25) is 9.48 Å². The third-order valence-electron chi connectivity index (χ3n) is 2.11. The van der Waals surface area contributed by atoms with Crippen molar-refractivity contribution in [1.82, 2.24) is 15.1 Å². The fourth-order valence-electron chi connectivity index (χ4n) is 1.17. The molecular formula is C9H12F3N3O. The molecule has 0 saturated carbocycles. The zero-order valence-electron chi connectivity index (χ0n) is 9.09. The first-order valence-corrected chi connectivity index (χ1v) is 4.51. The smallest absolute Gasteiger partial charge is 0.339 e. The molecule has 1 amide bonds. The molecule has 16 heavy (non-hydrogen) atoms. The van der Waals surface area contributed by atoms with Crippen LogP contribution in [-0.2, 0) is 17.4 Å². The number of halogens is 3. The van der Waals surface area contributed by atoms with E-state index in [0.717, 1.165) is 0 Å². The van der Waals surface area contributed by atoms with Gasteiger partial charge in [-0.15, -0.1) is 0 Å². The topological polar surface area (TPSA) is 46.9 Å². The summed E-state index contributed by atoms with van der Waals surface area (Å²) in [7, 11) is 1.64. The number of carbonyl (C=O) groups excluding carboxylic acids is 1. The van der Waals surface area contributed by atoms with E-state index in [2.05, 4.69) is 5.10 Å². The van der Waals surface area contributed by atoms with Gasteiger partial charge in [0.25, 0.3) is 0 Å². The Morgan fingerprint density at radius 1 is 1.44 bits per heavy atom. The van der Waals surface area contributed by atoms with Crippen LogP contribution in [0.1, 0.15) is 19.4 Å². The van der Waals surface area contributed by atoms with E-state index < -0.39 is 17.6 Å². The first-order chi connectivity index (χ1) is 7.13. The van der Waals surface area contributed by atoms with Crippen LogP contribution < -0.4 is 5.32 Å². The van der Waals surface area contributed by atoms with Gasteiger partial charge in [-0.1, -0.05) is 0 Å². The van der Waals surface area contributed by atoms with Gasteiger partial charge in [-0.05, 0) is 13.8 Å². The fourth-order valence-corrected chi connectivity index (χ4v) is 1.17. The summed E-state index contributed by atoms with van der Waals surface area (Å²) in [6.45, 7) is 2.96. The van der Waals surface area contributed by atoms with Gasteiger partial charge >= 0.3 is 12.1 Å². The van der Waals surface area contributed by atoms with Crippen molar-refractivity contribution in [2.75, 3.05) is 0 Å². The molecule has 0 saturated heterocycles. The van der Waals surface area contributed by atoms with E-state index in [-0.39, 0.29) is 0 Å². The highest BCUT2D eigenvalue weighted by atomic mass is 19.4. The minimum absolute atomic E-state index is 0.507. The number of alkyl halides is 3. The number of hydrogen-bond acceptors (Lipinski definition) is 2. The van der Waals surface area contributed by atoms with Gasteiger partial charge in [0.15, 0.2) is 0 Å². The molecule has 4 nitrogen and oxygen atoms in total. The number of amides is 1. The summed E-state index contributed by atoms with van der Waals surface area (Å²) in [6, 6.07) is 0. The molecule has 1 aromatic rings. The van der Waals surface area contributed by atoms with Crippen LogP contribution in [0.25, 0.3) is 0 Å². The molecule has 0 aromatic carbocycles. The monoisotopic (exact) mass is 235 g/mol. The van der Waals surface area contributed by atoms with Crippen molar-refractivity contribution in [3.63, 3.8) is 0 Å². The maximum absolute atomic E-state index is 12.1. The van der Waals surface area contributed by atoms with Gasteiger partial charge in [0.2, 0.25) is 0 Å². The average Bonchev–Trinajstić information content (AvgIpc) is 2.49. The van der Waals surface area contributed by atoms with Crippen LogP contribution in [0.5, 0.6) is 0 Å². The molecular weight excluding hydrogens is 223 g/mol. The van der Waals surface area contributed by atoms with Crippen LogP contribution in [0.4, 0.5) is 13.2 Å². The molecule has 7 heteroatoms. The molecule has 0 bridgehead atoms. The van der Waals surface area contributed by atoms with E-state index >= 15 is 0 Å². The van der Waals surface area contributed by atoms with Crippen molar-refractivity contribution in [3.8, 4) is 0 Å². The standard InChI is InChI=1S/C9H12F3N3O/c1-8(2,6-4-13-15(3)5-6)14-7(16)9(10,11)12/h4-5H,1-3H3,(H,14,16). The van der Waals surface area contributed by atoms with E-state index in [9.17, 15) is 18.0 Å². The SMILES string of the molecule is Cn1cc(C(C)(C)NC(=O)C(F)(F)F)cn1. The Labute approximate surface area is 90.4 Å². The zero-order valence-corrected chi connectivity index (χ0v) is 9.09. The summed E-state index contributed by atoms with van der Waals surface area (Å²) in [5.74, 6) is -1.96. The highest BCUT2D eigenvalue weighted by molar-refractivity contribution is 5.82. The highest BCUT2D eigenvalue weighted by Crippen LogP contribution is 2.22. The lowest BCUT2D eigenvalue weighted by atomic mass is 9.98. The lowest BCUT2D eigenvalue weighted by molar-refractivity contribution is -0.175. The number of rotatable bonds is 2. The zero-order chi connectivity index (χ0) is 12.6. The summed E-state index contributed by atoms with van der Waals surface area (Å²) in [5.41, 5.74) is -0.603. The van der Waals surface area contributed by atoms with Crippen molar-refractivity contribution in [2.24, 2.45) is 7.05 Å². The number of aromatic nitrogens is 2. The fraction of sp³-hybridized carbons (Fsp3) is 0.556. The molecule has 1 rings (SSSR count). The van der Waals surface area contributed by atoms with Crippen LogP contribution in [0.15, 0.2) is 12.4 Å². The molecule has 0 aliphatic heterocycles. The van der Waals surface area contributed by atoms with Gasteiger partial charge < -0.3 is 5.32 Å². The Hall–Kier alpha value is -1.53. The quantitative estimate of drug-likeness (QED) is 0.840. The second kappa shape index (κ2) is 3.80. The predicted octanol–water partition coefficient (Wildman–Crippen LogP) is 1.33. The average molecular weight is 235 g/mol. The van der Waals surface area contributed by atoms with Gasteiger partial charge in [0.1, 0.15) is 0 Å². The maximum atomic E-state index is 12.1. The Morgan fingerprint density at radius 3 is 2.38 bits per heavy atom. The third kappa shape index (κ3) is 2.74. The molecule has 1 heterocycles. The minimum Gasteiger partial charge on any atom is -0.339 e. The van der Waals surface area contributed by atoms with E-state index in [1.807, 2.05) is 5.32 Å². The molecule has 0 radical (unpaired) electrons. The molecule has 0 fully saturated rings. The largest absolute Gasteiger partial charge is 0.471 e. The summed E-state index contributed by atoms with van der Waals surface area (Å²) in [6.07, 6.45) is -1.91. The molecule has 0 spiro atoms. The van der Waals surface area contributed by atoms with Gasteiger partial charge in [0, 0.05) is 18.8 Å². The van der Waals surface area contributed by atoms with Crippen LogP contribution in [0, 0.1) is 0 Å². The summed E-state index contributed by atoms with van der Waals surface area (Å²) in [5, 5.41) is 5.75. The first-order valence-electron chi connectivity index (χ1n) is 4.51. The van der Waals surface area contributed by atoms with Gasteiger partial charge in [-0.25, -0.2) is 0 Å². The highest BCUT2D eigenvalue weighted by Gasteiger charge is 2.41. The van der Waals surface area contributed by atoms with Crippen molar-refractivity contribution < 1.29 is 18.0 Å². The first kappa shape index (κ1) is 12.5. The van der Waals surface area contributed by atoms with Gasteiger partial charge in [0.05, 0.1) is 11.7 Å². The summed E-state index contributed by atoms with van der Waals surface area (Å²) in [4.78, 5) is 10.8. The lowest BCUT2D eigenvalue weighted by Crippen LogP contribution is -2.47. The molecule has 1 N–H and O–H groups in total. The summed E-state index contributed by atoms with van der Waals surface area (Å²) >= 11 is 0. The second-order valence-corrected chi connectivity index (χ2v) is 3.98. The Balaban J connectivity index is 2.84. The van der Waals surface area contributed by atoms with E-state index in [4.69, 9.17) is 0 Å². The van der Waals surface area contributed by atoms with Crippen molar-refractivity contribution in [3.05, 3.63) is 18.0 Å². The molecule has 1 aromatic heterocycles. The number of nitrogens with one attached hydrogen (secondary N) is 1. The van der Waals surface area contributed by atoms with Crippen molar-refractivity contribution in [2.45, 2.75) is 25.6 Å². The molecule has 0 aliphatic carbocycles. The van der Waals surface area contributed by atoms with Crippen LogP contribution in [-0.4, -0.2) is 21.9 Å². The minimum atomic E-state index is -4.88. The Kier molecular flexibility index (Phi) is 2.98. The summed E-state index contributed by atoms with van der Waals surface area (Å²) < 4.78 is 37.7. The third-order valence-corrected chi connectivity index (χ3v) is 2.11. The second-order valence-electron chi connectivity index (χ2n) is 3.98. The van der Waals surface area contributed by atoms with Crippen LogP contribution in [0.2, 0.25) is 0 Å². The lowest BCUT2D eigenvalue weighted by Gasteiger charge is -2.25. The van der Waals surface area contributed by atoms with Crippen LogP contribution >= 0.6 is 0 Å². The van der Waals surface area contributed by atoms with E-state index in [1.165, 1.54) is 24.7 Å². The molecule has 90 valence electrons. The predicted molar refractivity (Wildman–Crippen MR) is 50.4 cm³/mol. The van der Waals surface area contributed by atoms with Crippen molar-refractivity contribution >= 4 is 5.91 Å². The normalized spacial score (nSPS) is 12.6. The number of carbonyl (C=O) groups is 1. The van der Waals surface area contributed by atoms with E-state index in [1.54, 1.807) is 13.2 Å². The molecule has 0 unspecified atom stereocenters. The van der Waals surface area contributed by atoms with E-state index in [0.29, 0.717) is 5.56 Å². The number of aryl methyl sites for hydroxylation is 1. The molecule has 0 atom stereocenters. The van der Waals surface area contributed by atoms with Crippen molar-refractivity contribution in [1.29, 1.82) is 0 Å².